The van der Waals surface area contributed by atoms with Crippen molar-refractivity contribution in [2.75, 3.05) is 0 Å². The predicted octanol–water partition coefficient (Wildman–Crippen LogP) is 1.52. The van der Waals surface area contributed by atoms with E-state index in [9.17, 15) is 19.8 Å². The predicted molar refractivity (Wildman–Crippen MR) is 84.4 cm³/mol. The topological polar surface area (TPSA) is 93.1 Å². The van der Waals surface area contributed by atoms with Gasteiger partial charge in [0.25, 0.3) is 0 Å². The molecular formula is C17H30O6. The Balaban J connectivity index is 0.000000231. The summed E-state index contributed by atoms with van der Waals surface area (Å²) < 4.78 is 10.1. The van der Waals surface area contributed by atoms with Crippen molar-refractivity contribution in [3.63, 3.8) is 0 Å². The highest BCUT2D eigenvalue weighted by Crippen LogP contribution is 2.27. The highest BCUT2D eigenvalue weighted by atomic mass is 16.6. The van der Waals surface area contributed by atoms with Crippen molar-refractivity contribution in [1.82, 2.24) is 0 Å². The molecule has 0 aromatic carbocycles. The zero-order chi connectivity index (χ0) is 17.9. The summed E-state index contributed by atoms with van der Waals surface area (Å²) in [5, 5.41) is 19.1. The standard InChI is InChI=1S/C9H16O3.C8H14O3/c1-4-7-5(2)8(10)6(3)9(11)12-7;1-4-6(3)11-8(10)5(2)7(4)9/h5-8,10H,4H2,1-3H3;4-7,9H,1-3H3/t5-,6-,7+,8-;4-,5-,6+,7-/m00/s1. The number of esters is 2. The number of hydrogen-bond donors (Lipinski definition) is 2. The summed E-state index contributed by atoms with van der Waals surface area (Å²) in [7, 11) is 0. The molecule has 0 radical (unpaired) electrons. The average Bonchev–Trinajstić information content (AvgIpc) is 2.53. The van der Waals surface area contributed by atoms with Crippen molar-refractivity contribution < 1.29 is 29.3 Å². The lowest BCUT2D eigenvalue weighted by Gasteiger charge is -2.35. The molecule has 2 N–H and O–H groups in total. The van der Waals surface area contributed by atoms with Crippen molar-refractivity contribution in [3.8, 4) is 0 Å². The third kappa shape index (κ3) is 4.44. The molecule has 6 nitrogen and oxygen atoms in total. The van der Waals surface area contributed by atoms with Gasteiger partial charge in [-0.3, -0.25) is 9.59 Å². The van der Waals surface area contributed by atoms with Crippen LogP contribution in [0.4, 0.5) is 0 Å². The minimum Gasteiger partial charge on any atom is -0.462 e. The van der Waals surface area contributed by atoms with Crippen LogP contribution in [0, 0.1) is 23.7 Å². The quantitative estimate of drug-likeness (QED) is 0.708. The Morgan fingerprint density at radius 1 is 0.826 bits per heavy atom. The molecule has 0 aromatic heterocycles. The van der Waals surface area contributed by atoms with Gasteiger partial charge in [0, 0.05) is 11.8 Å². The molecule has 134 valence electrons. The van der Waals surface area contributed by atoms with Gasteiger partial charge >= 0.3 is 11.9 Å². The van der Waals surface area contributed by atoms with Gasteiger partial charge in [-0.1, -0.05) is 20.8 Å². The number of aliphatic hydroxyl groups is 2. The molecule has 2 aliphatic rings. The minimum atomic E-state index is -0.550. The third-order valence-corrected chi connectivity index (χ3v) is 5.14. The maximum atomic E-state index is 11.1. The summed E-state index contributed by atoms with van der Waals surface area (Å²) in [6.07, 6.45) is -0.587. The van der Waals surface area contributed by atoms with Gasteiger partial charge in [-0.15, -0.1) is 0 Å². The number of rotatable bonds is 1. The zero-order valence-electron chi connectivity index (χ0n) is 14.9. The lowest BCUT2D eigenvalue weighted by molar-refractivity contribution is -0.177. The normalized spacial score (nSPS) is 43.8. The van der Waals surface area contributed by atoms with Crippen LogP contribution in [0.15, 0.2) is 0 Å². The van der Waals surface area contributed by atoms with Crippen LogP contribution in [0.25, 0.3) is 0 Å². The van der Waals surface area contributed by atoms with Gasteiger partial charge in [0.15, 0.2) is 0 Å². The molecule has 0 saturated carbocycles. The van der Waals surface area contributed by atoms with Gasteiger partial charge in [-0.2, -0.15) is 0 Å². The van der Waals surface area contributed by atoms with Crippen LogP contribution >= 0.6 is 0 Å². The Hall–Kier alpha value is -1.14. The van der Waals surface area contributed by atoms with E-state index in [1.807, 2.05) is 20.8 Å². The second-order valence-electron chi connectivity index (χ2n) is 6.80. The Morgan fingerprint density at radius 2 is 1.26 bits per heavy atom. The molecule has 0 spiro atoms. The second kappa shape index (κ2) is 8.11. The molecule has 0 aliphatic carbocycles. The maximum absolute atomic E-state index is 11.1. The average molecular weight is 330 g/mol. The number of cyclic esters (lactones) is 2. The fraction of sp³-hybridized carbons (Fsp3) is 0.882. The van der Waals surface area contributed by atoms with Crippen LogP contribution in [0.1, 0.15) is 48.0 Å². The molecule has 6 heteroatoms. The smallest absolute Gasteiger partial charge is 0.311 e. The summed E-state index contributed by atoms with van der Waals surface area (Å²) in [6, 6.07) is 0. The number of carbonyl (C=O) groups is 2. The largest absolute Gasteiger partial charge is 0.462 e. The van der Waals surface area contributed by atoms with Crippen molar-refractivity contribution in [2.45, 2.75) is 72.4 Å². The molecule has 0 unspecified atom stereocenters. The summed E-state index contributed by atoms with van der Waals surface area (Å²) in [6.45, 7) is 11.0. The molecule has 0 aromatic rings. The minimum absolute atomic E-state index is 0.0442. The van der Waals surface area contributed by atoms with Crippen LogP contribution in [0.3, 0.4) is 0 Å². The van der Waals surface area contributed by atoms with E-state index in [1.165, 1.54) is 0 Å². The van der Waals surface area contributed by atoms with Crippen molar-refractivity contribution in [2.24, 2.45) is 23.7 Å². The van der Waals surface area contributed by atoms with Crippen LogP contribution < -0.4 is 0 Å². The maximum Gasteiger partial charge on any atom is 0.311 e. The molecule has 23 heavy (non-hydrogen) atoms. The summed E-state index contributed by atoms with van der Waals surface area (Å²) in [5.41, 5.74) is 0. The van der Waals surface area contributed by atoms with Gasteiger partial charge in [0.2, 0.25) is 0 Å². The van der Waals surface area contributed by atoms with E-state index in [1.54, 1.807) is 20.8 Å². The van der Waals surface area contributed by atoms with Crippen LogP contribution in [0.5, 0.6) is 0 Å². The molecule has 0 amide bonds. The summed E-state index contributed by atoms with van der Waals surface area (Å²) >= 11 is 0. The highest BCUT2D eigenvalue weighted by Gasteiger charge is 2.39. The van der Waals surface area contributed by atoms with E-state index in [4.69, 9.17) is 9.47 Å². The van der Waals surface area contributed by atoms with E-state index in [0.717, 1.165) is 6.42 Å². The zero-order valence-corrected chi connectivity index (χ0v) is 14.9. The van der Waals surface area contributed by atoms with Gasteiger partial charge in [0.1, 0.15) is 12.2 Å². The molecule has 2 saturated heterocycles. The fourth-order valence-corrected chi connectivity index (χ4v) is 2.90. The van der Waals surface area contributed by atoms with Gasteiger partial charge in [0.05, 0.1) is 24.0 Å². The van der Waals surface area contributed by atoms with Gasteiger partial charge in [-0.05, 0) is 27.2 Å². The van der Waals surface area contributed by atoms with Gasteiger partial charge < -0.3 is 19.7 Å². The monoisotopic (exact) mass is 330 g/mol. The lowest BCUT2D eigenvalue weighted by Crippen LogP contribution is -2.46. The molecule has 2 heterocycles. The Bertz CT molecular complexity index is 421. The van der Waals surface area contributed by atoms with Gasteiger partial charge in [-0.25, -0.2) is 0 Å². The van der Waals surface area contributed by atoms with E-state index >= 15 is 0 Å². The highest BCUT2D eigenvalue weighted by molar-refractivity contribution is 5.74. The van der Waals surface area contributed by atoms with E-state index < -0.39 is 12.2 Å². The first kappa shape index (κ1) is 19.9. The third-order valence-electron chi connectivity index (χ3n) is 5.14. The molecule has 2 rings (SSSR count). The number of aliphatic hydroxyl groups excluding tert-OH is 2. The molecule has 2 aliphatic heterocycles. The molecule has 0 bridgehead atoms. The van der Waals surface area contributed by atoms with E-state index in [-0.39, 0.29) is 47.8 Å². The molecule has 8 atom stereocenters. The Labute approximate surface area is 138 Å². The summed E-state index contributed by atoms with van der Waals surface area (Å²) in [4.78, 5) is 22.1. The van der Waals surface area contributed by atoms with Crippen molar-refractivity contribution in [1.29, 1.82) is 0 Å². The van der Waals surface area contributed by atoms with E-state index in [2.05, 4.69) is 0 Å². The van der Waals surface area contributed by atoms with E-state index in [0.29, 0.717) is 0 Å². The van der Waals surface area contributed by atoms with Crippen LogP contribution in [-0.4, -0.2) is 46.6 Å². The van der Waals surface area contributed by atoms with Crippen LogP contribution in [0.2, 0.25) is 0 Å². The number of ether oxygens (including phenoxy) is 2. The molecule has 2 fully saturated rings. The first-order valence-electron chi connectivity index (χ1n) is 8.38. The molecular weight excluding hydrogens is 300 g/mol. The lowest BCUT2D eigenvalue weighted by atomic mass is 9.85. The number of hydrogen-bond acceptors (Lipinski definition) is 6. The Kier molecular flexibility index (Phi) is 7.02. The first-order chi connectivity index (χ1) is 10.6. The van der Waals surface area contributed by atoms with Crippen molar-refractivity contribution >= 4 is 11.9 Å². The Morgan fingerprint density at radius 3 is 1.74 bits per heavy atom. The summed E-state index contributed by atoms with van der Waals surface area (Å²) in [5.74, 6) is -1.20. The SMILES string of the molecule is CC[C@H]1OC(=O)[C@@H](C)[C@@H](O)[C@H]1C.C[C@@H]1[C@H](O)[C@H](C)C(=O)O[C@@H]1C. The first-order valence-corrected chi connectivity index (χ1v) is 8.38. The fourth-order valence-electron chi connectivity index (χ4n) is 2.90. The number of carbonyl (C=O) groups excluding carboxylic acids is 2. The second-order valence-corrected chi connectivity index (χ2v) is 6.80. The van der Waals surface area contributed by atoms with Crippen LogP contribution in [-0.2, 0) is 19.1 Å². The van der Waals surface area contributed by atoms with Crippen molar-refractivity contribution in [3.05, 3.63) is 0 Å².